The van der Waals surface area contributed by atoms with Gasteiger partial charge in [0.15, 0.2) is 0 Å². The molecule has 0 unspecified atom stereocenters. The molecule has 3 N–H and O–H groups in total. The van der Waals surface area contributed by atoms with E-state index >= 15 is 0 Å². The number of nitrogens with two attached hydrogens (primary N) is 1. The lowest BCUT2D eigenvalue weighted by Crippen LogP contribution is -3.11. The molecule has 1 spiro atoms. The second kappa shape index (κ2) is 5.01. The van der Waals surface area contributed by atoms with Gasteiger partial charge in [-0.05, 0) is 12.8 Å². The highest BCUT2D eigenvalue weighted by atomic mass is 19.4. The van der Waals surface area contributed by atoms with Crippen molar-refractivity contribution in [3.63, 3.8) is 0 Å². The highest BCUT2D eigenvalue weighted by Crippen LogP contribution is 2.27. The number of nitrogens with one attached hydrogen (secondary N) is 1. The zero-order chi connectivity index (χ0) is 12.2. The highest BCUT2D eigenvalue weighted by molar-refractivity contribution is 5.70. The minimum atomic E-state index is -5.19. The molecule has 1 saturated heterocycles. The molecule has 0 aromatic rings. The van der Waals surface area contributed by atoms with Gasteiger partial charge in [-0.2, -0.15) is 18.6 Å². The number of carboxylic acid groups (broad SMARTS) is 1. The number of alkyl halides is 3. The summed E-state index contributed by atoms with van der Waals surface area (Å²) < 4.78 is 31.5. The van der Waals surface area contributed by atoms with Gasteiger partial charge in [0.25, 0.3) is 0 Å². The van der Waals surface area contributed by atoms with E-state index < -0.39 is 12.1 Å². The molecule has 7 heteroatoms. The monoisotopic (exact) mass is 240 g/mol. The number of carbonyl (C=O) groups is 1. The van der Waals surface area contributed by atoms with Crippen molar-refractivity contribution in [3.8, 4) is 0 Å². The van der Waals surface area contributed by atoms with Crippen LogP contribution < -0.4 is 16.0 Å². The Balaban J connectivity index is 0.000000168. The van der Waals surface area contributed by atoms with Crippen LogP contribution in [-0.4, -0.2) is 24.2 Å². The molecule has 0 radical (unpaired) electrons. The van der Waals surface area contributed by atoms with E-state index in [-0.39, 0.29) is 0 Å². The van der Waals surface area contributed by atoms with E-state index in [4.69, 9.17) is 9.90 Å². The van der Waals surface area contributed by atoms with Crippen molar-refractivity contribution < 1.29 is 28.5 Å². The number of quaternary nitrogens is 1. The summed E-state index contributed by atoms with van der Waals surface area (Å²) >= 11 is 0. The maximum Gasteiger partial charge on any atom is 0.430 e. The first-order valence-corrected chi connectivity index (χ1v) is 5.23. The quantitative estimate of drug-likeness (QED) is 0.537. The van der Waals surface area contributed by atoms with Crippen molar-refractivity contribution in [2.45, 2.75) is 43.8 Å². The van der Waals surface area contributed by atoms with E-state index in [0.29, 0.717) is 5.54 Å². The predicted octanol–water partition coefficient (Wildman–Crippen LogP) is -0.930. The van der Waals surface area contributed by atoms with Crippen molar-refractivity contribution in [2.24, 2.45) is 0 Å². The predicted molar refractivity (Wildman–Crippen MR) is 46.8 cm³/mol. The summed E-state index contributed by atoms with van der Waals surface area (Å²) in [6.45, 7) is 1.33. The van der Waals surface area contributed by atoms with E-state index in [1.54, 1.807) is 0 Å². The molecule has 0 bridgehead atoms. The summed E-state index contributed by atoms with van der Waals surface area (Å²) in [6, 6.07) is 0. The largest absolute Gasteiger partial charge is 0.542 e. The van der Waals surface area contributed by atoms with Crippen LogP contribution in [0.15, 0.2) is 0 Å². The van der Waals surface area contributed by atoms with E-state index in [9.17, 15) is 13.2 Å². The number of carboxylic acids is 1. The van der Waals surface area contributed by atoms with Gasteiger partial charge in [0.2, 0.25) is 0 Å². The zero-order valence-corrected chi connectivity index (χ0v) is 8.77. The van der Waals surface area contributed by atoms with E-state index in [1.807, 2.05) is 0 Å². The lowest BCUT2D eigenvalue weighted by atomic mass is 9.80. The van der Waals surface area contributed by atoms with Crippen molar-refractivity contribution in [1.29, 1.82) is 0 Å². The van der Waals surface area contributed by atoms with Crippen LogP contribution in [0.5, 0.6) is 0 Å². The Labute approximate surface area is 91.2 Å². The molecule has 0 aromatic heterocycles. The van der Waals surface area contributed by atoms with Gasteiger partial charge in [0, 0.05) is 0 Å². The summed E-state index contributed by atoms with van der Waals surface area (Å²) in [7, 11) is 0. The molecule has 1 aliphatic heterocycles. The van der Waals surface area contributed by atoms with Crippen LogP contribution in [0.2, 0.25) is 0 Å². The van der Waals surface area contributed by atoms with E-state index in [2.05, 4.69) is 10.9 Å². The summed E-state index contributed by atoms with van der Waals surface area (Å²) in [4.78, 5) is 8.78. The average molecular weight is 240 g/mol. The van der Waals surface area contributed by atoms with E-state index in [1.165, 1.54) is 38.6 Å². The number of rotatable bonds is 0. The third kappa shape index (κ3) is 3.64. The van der Waals surface area contributed by atoms with Crippen molar-refractivity contribution >= 4 is 5.97 Å². The minimum Gasteiger partial charge on any atom is -0.542 e. The zero-order valence-electron chi connectivity index (χ0n) is 8.77. The summed E-state index contributed by atoms with van der Waals surface area (Å²) in [6.07, 6.45) is 2.00. The molecule has 1 saturated carbocycles. The van der Waals surface area contributed by atoms with Gasteiger partial charge in [-0.1, -0.05) is 19.3 Å². The van der Waals surface area contributed by atoms with Gasteiger partial charge < -0.3 is 9.90 Å². The smallest absolute Gasteiger partial charge is 0.430 e. The van der Waals surface area contributed by atoms with Crippen LogP contribution in [0.1, 0.15) is 32.1 Å². The first kappa shape index (κ1) is 13.2. The molecule has 1 heterocycles. The minimum absolute atomic E-state index is 0.595. The van der Waals surface area contributed by atoms with Crippen LogP contribution in [0.4, 0.5) is 13.2 Å². The third-order valence-electron chi connectivity index (χ3n) is 2.94. The number of halogens is 3. The molecule has 0 aromatic carbocycles. The number of carbonyl (C=O) groups excluding carboxylic acids is 1. The van der Waals surface area contributed by atoms with Crippen molar-refractivity contribution in [2.75, 3.05) is 6.54 Å². The number of hydrogen-bond acceptors (Lipinski definition) is 3. The molecule has 4 nitrogen and oxygen atoms in total. The Hall–Kier alpha value is -0.820. The number of aliphatic carboxylic acids is 1. The van der Waals surface area contributed by atoms with Gasteiger partial charge in [-0.15, -0.1) is 0 Å². The van der Waals surface area contributed by atoms with E-state index in [0.717, 1.165) is 0 Å². The normalized spacial score (nSPS) is 22.9. The first-order chi connectivity index (χ1) is 7.36. The maximum absolute atomic E-state index is 10.5. The van der Waals surface area contributed by atoms with Crippen LogP contribution >= 0.6 is 0 Å². The highest BCUT2D eigenvalue weighted by Gasteiger charge is 2.41. The standard InChI is InChI=1S/C7H14N2.C2HF3O2/c1-2-4-7(5-3-1)6-8-9-7;3-2(4,5)1(6)7/h8-9H,1-6H2;(H,6,7). The fourth-order valence-electron chi connectivity index (χ4n) is 1.97. The fraction of sp³-hybridized carbons (Fsp3) is 0.889. The lowest BCUT2D eigenvalue weighted by molar-refractivity contribution is -0.792. The van der Waals surface area contributed by atoms with Gasteiger partial charge >= 0.3 is 6.18 Å². The average Bonchev–Trinajstić information content (AvgIpc) is 2.16. The van der Waals surface area contributed by atoms with Crippen LogP contribution in [0, 0.1) is 0 Å². The molecule has 0 atom stereocenters. The maximum atomic E-state index is 10.5. The van der Waals surface area contributed by atoms with Crippen LogP contribution in [-0.2, 0) is 4.79 Å². The molecule has 16 heavy (non-hydrogen) atoms. The molecule has 2 fully saturated rings. The lowest BCUT2D eigenvalue weighted by Gasteiger charge is -2.41. The fourth-order valence-corrected chi connectivity index (χ4v) is 1.97. The molecule has 94 valence electrons. The Morgan fingerprint density at radius 1 is 1.25 bits per heavy atom. The summed E-state index contributed by atoms with van der Waals surface area (Å²) in [5.74, 6) is -3.01. The second-order valence-electron chi connectivity index (χ2n) is 4.18. The summed E-state index contributed by atoms with van der Waals surface area (Å²) in [5, 5.41) is 8.78. The van der Waals surface area contributed by atoms with Gasteiger partial charge in [0.05, 0.1) is 0 Å². The Morgan fingerprint density at radius 3 is 1.88 bits per heavy atom. The second-order valence-corrected chi connectivity index (χ2v) is 4.18. The topological polar surface area (TPSA) is 68.8 Å². The molecule has 2 rings (SSSR count). The van der Waals surface area contributed by atoms with Gasteiger partial charge in [-0.25, -0.2) is 0 Å². The first-order valence-electron chi connectivity index (χ1n) is 5.23. The van der Waals surface area contributed by atoms with Crippen molar-refractivity contribution in [3.05, 3.63) is 0 Å². The Bertz CT molecular complexity index is 244. The Kier molecular flexibility index (Phi) is 4.15. The van der Waals surface area contributed by atoms with Gasteiger partial charge in [0.1, 0.15) is 18.1 Å². The third-order valence-corrected chi connectivity index (χ3v) is 2.94. The van der Waals surface area contributed by atoms with Gasteiger partial charge in [-0.3, -0.25) is 5.43 Å². The molecule has 2 aliphatic rings. The SMILES string of the molecule is C1CCC2(CC1)C[NH2+]N2.O=C([O-])C(F)(F)F. The molecular weight excluding hydrogens is 225 g/mol. The Morgan fingerprint density at radius 2 is 1.69 bits per heavy atom. The van der Waals surface area contributed by atoms with Crippen LogP contribution in [0.25, 0.3) is 0 Å². The van der Waals surface area contributed by atoms with Crippen LogP contribution in [0.3, 0.4) is 0 Å². The number of hydrogen-bond donors (Lipinski definition) is 2. The molecule has 1 aliphatic carbocycles. The van der Waals surface area contributed by atoms with Crippen molar-refractivity contribution in [1.82, 2.24) is 5.43 Å². The summed E-state index contributed by atoms with van der Waals surface area (Å²) in [5.41, 5.74) is 6.23. The molecule has 0 amide bonds. The molecular formula is C9H15F3N2O2.